The second-order valence-corrected chi connectivity index (χ2v) is 6.32. The van der Waals surface area contributed by atoms with Crippen LogP contribution in [-0.4, -0.2) is 57.1 Å². The molecule has 1 aromatic rings. The number of hydrogen-bond donors (Lipinski definition) is 2. The van der Waals surface area contributed by atoms with Crippen LogP contribution in [0, 0.1) is 12.8 Å². The van der Waals surface area contributed by atoms with Crippen molar-refractivity contribution in [3.05, 3.63) is 29.8 Å². The number of carbonyl (C=O) groups is 1. The molecular weight excluding hydrogens is 431 g/mol. The lowest BCUT2D eigenvalue weighted by Crippen LogP contribution is -2.41. The Kier molecular flexibility index (Phi) is 12.0. The number of hydrogen-bond acceptors (Lipinski definition) is 3. The summed E-state index contributed by atoms with van der Waals surface area (Å²) in [4.78, 5) is 17.5. The summed E-state index contributed by atoms with van der Waals surface area (Å²) in [6.07, 6.45) is 0. The molecule has 7 heteroatoms. The molecule has 0 heterocycles. The number of halogens is 1. The van der Waals surface area contributed by atoms with Crippen LogP contribution in [0.15, 0.2) is 29.3 Å². The first-order valence-corrected chi connectivity index (χ1v) is 8.30. The molecule has 0 aliphatic carbocycles. The predicted octanol–water partition coefficient (Wildman–Crippen LogP) is 2.27. The lowest BCUT2D eigenvalue weighted by atomic mass is 10.2. The smallest absolute Gasteiger partial charge is 0.243 e. The Morgan fingerprint density at radius 1 is 1.20 bits per heavy atom. The zero-order valence-corrected chi connectivity index (χ0v) is 18.2. The normalized spacial score (nSPS) is 10.9. The van der Waals surface area contributed by atoms with E-state index in [1.54, 1.807) is 14.1 Å². The fourth-order valence-electron chi connectivity index (χ4n) is 1.74. The maximum atomic E-state index is 11.7. The average Bonchev–Trinajstić information content (AvgIpc) is 2.54. The topological polar surface area (TPSA) is 66.0 Å². The summed E-state index contributed by atoms with van der Waals surface area (Å²) in [6, 6.07) is 7.95. The van der Waals surface area contributed by atoms with Crippen LogP contribution in [0.3, 0.4) is 0 Å². The van der Waals surface area contributed by atoms with Gasteiger partial charge in [0, 0.05) is 20.6 Å². The number of carbonyl (C=O) groups excluding carboxylic acids is 1. The lowest BCUT2D eigenvalue weighted by Gasteiger charge is -2.15. The van der Waals surface area contributed by atoms with Crippen molar-refractivity contribution in [2.45, 2.75) is 20.8 Å². The van der Waals surface area contributed by atoms with E-state index in [9.17, 15) is 4.79 Å². The van der Waals surface area contributed by atoms with Crippen LogP contribution in [0.2, 0.25) is 0 Å². The molecule has 1 amide bonds. The van der Waals surface area contributed by atoms with Crippen molar-refractivity contribution in [1.29, 1.82) is 0 Å². The van der Waals surface area contributed by atoms with Gasteiger partial charge in [0.15, 0.2) is 5.96 Å². The van der Waals surface area contributed by atoms with Crippen LogP contribution in [0.4, 0.5) is 0 Å². The molecule has 142 valence electrons. The number of guanidine groups is 1. The quantitative estimate of drug-likeness (QED) is 0.269. The third-order valence-electron chi connectivity index (χ3n) is 3.23. The molecule has 0 atom stereocenters. The minimum atomic E-state index is -0.0310. The van der Waals surface area contributed by atoms with Gasteiger partial charge in [-0.1, -0.05) is 31.5 Å². The molecule has 0 radical (unpaired) electrons. The third kappa shape index (κ3) is 10.9. The third-order valence-corrected chi connectivity index (χ3v) is 3.23. The van der Waals surface area contributed by atoms with Gasteiger partial charge in [-0.05, 0) is 25.0 Å². The number of ether oxygens (including phenoxy) is 1. The van der Waals surface area contributed by atoms with E-state index in [2.05, 4.69) is 29.5 Å². The first kappa shape index (κ1) is 23.5. The molecule has 0 unspecified atom stereocenters. The van der Waals surface area contributed by atoms with Crippen LogP contribution >= 0.6 is 24.0 Å². The Labute approximate surface area is 168 Å². The molecule has 0 fully saturated rings. The maximum Gasteiger partial charge on any atom is 0.243 e. The zero-order valence-electron chi connectivity index (χ0n) is 15.8. The predicted molar refractivity (Wildman–Crippen MR) is 114 cm³/mol. The fraction of sp³-hybridized carbons (Fsp3) is 0.556. The van der Waals surface area contributed by atoms with Gasteiger partial charge in [-0.15, -0.1) is 24.0 Å². The molecule has 0 aliphatic heterocycles. The largest absolute Gasteiger partial charge is 0.492 e. The van der Waals surface area contributed by atoms with Gasteiger partial charge in [-0.2, -0.15) is 0 Å². The number of likely N-dealkylation sites (N-methyl/N-ethyl adjacent to an activating group) is 1. The van der Waals surface area contributed by atoms with Crippen molar-refractivity contribution in [3.8, 4) is 5.75 Å². The second-order valence-electron chi connectivity index (χ2n) is 6.32. The van der Waals surface area contributed by atoms with Crippen molar-refractivity contribution in [1.82, 2.24) is 15.5 Å². The van der Waals surface area contributed by atoms with E-state index in [4.69, 9.17) is 4.74 Å². The van der Waals surface area contributed by atoms with Crippen LogP contribution in [0.25, 0.3) is 0 Å². The summed E-state index contributed by atoms with van der Waals surface area (Å²) in [6.45, 7) is 8.33. The molecule has 0 aliphatic rings. The number of aryl methyl sites for hydroxylation is 1. The minimum Gasteiger partial charge on any atom is -0.492 e. The van der Waals surface area contributed by atoms with E-state index < -0.39 is 0 Å². The Balaban J connectivity index is 0.00000576. The number of benzene rings is 1. The van der Waals surface area contributed by atoms with E-state index in [0.717, 1.165) is 12.3 Å². The Morgan fingerprint density at radius 3 is 2.40 bits per heavy atom. The highest BCUT2D eigenvalue weighted by Gasteiger charge is 2.05. The molecule has 2 N–H and O–H groups in total. The van der Waals surface area contributed by atoms with Crippen LogP contribution in [0.1, 0.15) is 19.4 Å². The Hall–Kier alpha value is -1.51. The van der Waals surface area contributed by atoms with Crippen LogP contribution < -0.4 is 15.4 Å². The molecule has 25 heavy (non-hydrogen) atoms. The summed E-state index contributed by atoms with van der Waals surface area (Å²) in [5, 5.41) is 6.43. The highest BCUT2D eigenvalue weighted by Crippen LogP contribution is 2.10. The van der Waals surface area contributed by atoms with Crippen molar-refractivity contribution in [3.63, 3.8) is 0 Å². The second kappa shape index (κ2) is 12.8. The standard InChI is InChI=1S/C18H30N4O2.HI/c1-14(2)12-20-18(21-13-17(23)22(4)5)19-10-11-24-16-8-6-15(3)7-9-16;/h6-9,14H,10-13H2,1-5H3,(H2,19,20,21);1H. The maximum absolute atomic E-state index is 11.7. The molecule has 0 aromatic heterocycles. The molecule has 0 saturated heterocycles. The number of nitrogens with zero attached hydrogens (tertiary/aromatic N) is 2. The van der Waals surface area contributed by atoms with Crippen molar-refractivity contribution >= 4 is 35.8 Å². The van der Waals surface area contributed by atoms with Crippen molar-refractivity contribution in [2.75, 3.05) is 40.3 Å². The average molecular weight is 462 g/mol. The highest BCUT2D eigenvalue weighted by molar-refractivity contribution is 14.0. The molecule has 0 bridgehead atoms. The van der Waals surface area contributed by atoms with Gasteiger partial charge < -0.3 is 20.3 Å². The number of amides is 1. The summed E-state index contributed by atoms with van der Waals surface area (Å²) in [5.74, 6) is 1.94. The van der Waals surface area contributed by atoms with Gasteiger partial charge in [0.1, 0.15) is 18.9 Å². The Morgan fingerprint density at radius 2 is 1.84 bits per heavy atom. The van der Waals surface area contributed by atoms with E-state index in [1.165, 1.54) is 10.5 Å². The van der Waals surface area contributed by atoms with Crippen LogP contribution in [-0.2, 0) is 4.79 Å². The summed E-state index contributed by atoms with van der Waals surface area (Å²) < 4.78 is 5.68. The van der Waals surface area contributed by atoms with Crippen molar-refractivity contribution in [2.24, 2.45) is 10.9 Å². The summed E-state index contributed by atoms with van der Waals surface area (Å²) >= 11 is 0. The van der Waals surface area contributed by atoms with E-state index >= 15 is 0 Å². The highest BCUT2D eigenvalue weighted by atomic mass is 127. The van der Waals surface area contributed by atoms with Crippen molar-refractivity contribution < 1.29 is 9.53 Å². The van der Waals surface area contributed by atoms with Gasteiger partial charge in [-0.3, -0.25) is 4.79 Å². The SMILES string of the molecule is Cc1ccc(OCCNC(=NCC(=O)N(C)C)NCC(C)C)cc1.I. The first-order chi connectivity index (χ1) is 11.4. The summed E-state index contributed by atoms with van der Waals surface area (Å²) in [5.41, 5.74) is 1.21. The van der Waals surface area contributed by atoms with Gasteiger partial charge in [0.05, 0.1) is 6.54 Å². The molecule has 1 rings (SSSR count). The van der Waals surface area contributed by atoms with E-state index in [-0.39, 0.29) is 36.4 Å². The molecule has 6 nitrogen and oxygen atoms in total. The van der Waals surface area contributed by atoms with Crippen LogP contribution in [0.5, 0.6) is 5.75 Å². The molecule has 0 spiro atoms. The molecular formula is C18H31IN4O2. The zero-order chi connectivity index (χ0) is 17.9. The lowest BCUT2D eigenvalue weighted by molar-refractivity contribution is -0.127. The van der Waals surface area contributed by atoms with Gasteiger partial charge in [0.25, 0.3) is 0 Å². The monoisotopic (exact) mass is 462 g/mol. The molecule has 1 aromatic carbocycles. The fourth-order valence-corrected chi connectivity index (χ4v) is 1.74. The van der Waals surface area contributed by atoms with Gasteiger partial charge in [-0.25, -0.2) is 4.99 Å². The minimum absolute atomic E-state index is 0. The number of rotatable bonds is 8. The first-order valence-electron chi connectivity index (χ1n) is 8.30. The van der Waals surface area contributed by atoms with E-state index in [0.29, 0.717) is 25.0 Å². The molecule has 0 saturated carbocycles. The summed E-state index contributed by atoms with van der Waals surface area (Å²) in [7, 11) is 3.45. The van der Waals surface area contributed by atoms with Gasteiger partial charge in [0.2, 0.25) is 5.91 Å². The Bertz CT molecular complexity index is 530. The number of aliphatic imine (C=N–C) groups is 1. The van der Waals surface area contributed by atoms with E-state index in [1.807, 2.05) is 31.2 Å². The number of nitrogens with one attached hydrogen (secondary N) is 2. The van der Waals surface area contributed by atoms with Gasteiger partial charge >= 0.3 is 0 Å².